The van der Waals surface area contributed by atoms with Crippen LogP contribution in [0.5, 0.6) is 0 Å². The van der Waals surface area contributed by atoms with Crippen LogP contribution in [0.1, 0.15) is 108 Å². The van der Waals surface area contributed by atoms with Crippen LogP contribution in [0, 0.1) is 23.7 Å². The second-order valence-corrected chi connectivity index (χ2v) is 17.3. The van der Waals surface area contributed by atoms with E-state index >= 15 is 0 Å². The van der Waals surface area contributed by atoms with Crippen molar-refractivity contribution in [3.63, 3.8) is 0 Å². The summed E-state index contributed by atoms with van der Waals surface area (Å²) in [5.74, 6) is -5.73. The summed E-state index contributed by atoms with van der Waals surface area (Å²) in [6.45, 7) is 18.0. The molecule has 15 nitrogen and oxygen atoms in total. The molecular weight excluding hydrogens is 718 g/mol. The van der Waals surface area contributed by atoms with E-state index in [-0.39, 0.29) is 37.8 Å². The maximum absolute atomic E-state index is 14.3. The van der Waals surface area contributed by atoms with Gasteiger partial charge in [-0.3, -0.25) is 14.4 Å². The van der Waals surface area contributed by atoms with Crippen LogP contribution in [-0.2, 0) is 47.5 Å². The van der Waals surface area contributed by atoms with E-state index in [9.17, 15) is 34.8 Å². The molecular formula is C40H71NO14. The Morgan fingerprint density at radius 3 is 2.07 bits per heavy atom. The number of likely N-dealkylation sites (N-methyl/N-ethyl adjacent to an activating group) is 1. The fourth-order valence-corrected chi connectivity index (χ4v) is 8.84. The van der Waals surface area contributed by atoms with E-state index < -0.39 is 114 Å². The number of aliphatic hydroxyl groups is 4. The molecule has 3 aliphatic heterocycles. The average molecular weight is 790 g/mol. The SMILES string of the molecule is CCC(=O)O[C@@H]1[C@@H](C)C(=O)[C@H](C)C[C@](C)(O)[C@H](O[C@@H]2O[C@H](C)C[C@H](N(C)C)[C@H]2O)[C@@H](C)[C@H](O[C@H]2C[C@@](C)(OC)[C@@H](O)[C@H](C)O2)[C@@H](C)C(=O)O[C@H](CC)[C@]1(C)O. The van der Waals surface area contributed by atoms with Crippen molar-refractivity contribution in [2.45, 2.75) is 193 Å². The lowest BCUT2D eigenvalue weighted by molar-refractivity contribution is -0.318. The van der Waals surface area contributed by atoms with Gasteiger partial charge in [-0.2, -0.15) is 0 Å². The van der Waals surface area contributed by atoms with Gasteiger partial charge in [0.2, 0.25) is 0 Å². The Balaban J connectivity index is 2.23. The van der Waals surface area contributed by atoms with Gasteiger partial charge in [-0.1, -0.05) is 34.6 Å². The maximum Gasteiger partial charge on any atom is 0.311 e. The van der Waals surface area contributed by atoms with E-state index in [2.05, 4.69) is 0 Å². The quantitative estimate of drug-likeness (QED) is 0.249. The predicted octanol–water partition coefficient (Wildman–Crippen LogP) is 2.75. The van der Waals surface area contributed by atoms with Crippen LogP contribution in [0.15, 0.2) is 0 Å². The first kappa shape index (κ1) is 47.6. The molecule has 15 heteroatoms. The standard InChI is InChI=1S/C40H71NO14/c1-15-27-40(11,48)35(53-28(42)16-2)22(5)30(43)20(3)18-38(9,47)34(55-37-31(44)26(41(12)13)17-21(4)50-37)23(6)32(24(7)36(46)52-27)54-29-19-39(10,49-14)33(45)25(8)51-29/h20-27,29,31-35,37,44-45,47-48H,15-19H2,1-14H3/t20-,21-,22+,23+,24-,25+,26+,27-,29+,31-,32+,33+,34-,35-,37+,38+,39-,40+/m1/s1. The van der Waals surface area contributed by atoms with E-state index in [0.717, 1.165) is 0 Å². The summed E-state index contributed by atoms with van der Waals surface area (Å²) in [6, 6.07) is -0.341. The molecule has 3 rings (SSSR count). The highest BCUT2D eigenvalue weighted by Crippen LogP contribution is 2.41. The molecule has 4 N–H and O–H groups in total. The average Bonchev–Trinajstić information content (AvgIpc) is 3.11. The molecule has 3 fully saturated rings. The lowest BCUT2D eigenvalue weighted by Gasteiger charge is -2.49. The Hall–Kier alpha value is -1.79. The van der Waals surface area contributed by atoms with Gasteiger partial charge < -0.3 is 58.5 Å². The van der Waals surface area contributed by atoms with Gasteiger partial charge >= 0.3 is 11.9 Å². The highest BCUT2D eigenvalue weighted by Gasteiger charge is 2.54. The molecule has 0 unspecified atom stereocenters. The van der Waals surface area contributed by atoms with Crippen LogP contribution in [0.4, 0.5) is 0 Å². The first-order valence-corrected chi connectivity index (χ1v) is 19.9. The molecule has 18 atom stereocenters. The predicted molar refractivity (Wildman–Crippen MR) is 200 cm³/mol. The topological polar surface area (TPSA) is 200 Å². The minimum absolute atomic E-state index is 0.0231. The van der Waals surface area contributed by atoms with Crippen LogP contribution in [0.3, 0.4) is 0 Å². The molecule has 0 spiro atoms. The van der Waals surface area contributed by atoms with Gasteiger partial charge in [0, 0.05) is 37.8 Å². The van der Waals surface area contributed by atoms with E-state index in [1.165, 1.54) is 21.0 Å². The van der Waals surface area contributed by atoms with Gasteiger partial charge in [0.25, 0.3) is 0 Å². The third-order valence-electron chi connectivity index (χ3n) is 12.3. The van der Waals surface area contributed by atoms with Crippen molar-refractivity contribution in [3.05, 3.63) is 0 Å². The van der Waals surface area contributed by atoms with Gasteiger partial charge in [-0.05, 0) is 74.9 Å². The highest BCUT2D eigenvalue weighted by molar-refractivity contribution is 5.84. The normalized spacial score (nSPS) is 46.9. The number of carbonyl (C=O) groups excluding carboxylic acids is 3. The lowest BCUT2D eigenvalue weighted by Crippen LogP contribution is -2.61. The molecule has 0 aromatic carbocycles. The molecule has 3 saturated heterocycles. The van der Waals surface area contributed by atoms with Crippen LogP contribution >= 0.6 is 0 Å². The number of ether oxygens (including phenoxy) is 7. The van der Waals surface area contributed by atoms with E-state index in [1.807, 2.05) is 25.9 Å². The number of esters is 2. The van der Waals surface area contributed by atoms with Gasteiger partial charge in [0.05, 0.1) is 47.5 Å². The van der Waals surface area contributed by atoms with Gasteiger partial charge in [-0.25, -0.2) is 0 Å². The zero-order chi connectivity index (χ0) is 42.0. The van der Waals surface area contributed by atoms with Crippen molar-refractivity contribution >= 4 is 17.7 Å². The Morgan fingerprint density at radius 2 is 1.53 bits per heavy atom. The van der Waals surface area contributed by atoms with Crippen molar-refractivity contribution in [1.82, 2.24) is 4.90 Å². The van der Waals surface area contributed by atoms with Crippen molar-refractivity contribution in [3.8, 4) is 0 Å². The largest absolute Gasteiger partial charge is 0.459 e. The van der Waals surface area contributed by atoms with Crippen LogP contribution in [0.2, 0.25) is 0 Å². The number of ketones is 1. The molecule has 0 amide bonds. The minimum atomic E-state index is -2.00. The number of carbonyl (C=O) groups is 3. The van der Waals surface area contributed by atoms with Crippen LogP contribution < -0.4 is 0 Å². The number of rotatable bonds is 9. The first-order valence-electron chi connectivity index (χ1n) is 19.9. The number of methoxy groups -OCH3 is 1. The first-order chi connectivity index (χ1) is 25.4. The molecule has 55 heavy (non-hydrogen) atoms. The number of cyclic esters (lactones) is 1. The zero-order valence-corrected chi connectivity index (χ0v) is 35.5. The maximum atomic E-state index is 14.3. The minimum Gasteiger partial charge on any atom is -0.459 e. The van der Waals surface area contributed by atoms with E-state index in [1.54, 1.807) is 55.4 Å². The number of Topliss-reactive ketones (excluding diaryl/α,β-unsaturated/α-hetero) is 1. The molecule has 0 aromatic rings. The van der Waals surface area contributed by atoms with Gasteiger partial charge in [0.15, 0.2) is 12.6 Å². The molecule has 0 bridgehead atoms. The number of hydrogen-bond donors (Lipinski definition) is 4. The second-order valence-electron chi connectivity index (χ2n) is 17.3. The summed E-state index contributed by atoms with van der Waals surface area (Å²) >= 11 is 0. The Morgan fingerprint density at radius 1 is 0.909 bits per heavy atom. The van der Waals surface area contributed by atoms with Gasteiger partial charge in [-0.15, -0.1) is 0 Å². The summed E-state index contributed by atoms with van der Waals surface area (Å²) in [7, 11) is 5.17. The molecule has 3 heterocycles. The third kappa shape index (κ3) is 10.6. The Labute approximate surface area is 327 Å². The number of aliphatic hydroxyl groups excluding tert-OH is 2. The monoisotopic (exact) mass is 789 g/mol. The van der Waals surface area contributed by atoms with Crippen LogP contribution in [-0.4, -0.2) is 149 Å². The smallest absolute Gasteiger partial charge is 0.311 e. The summed E-state index contributed by atoms with van der Waals surface area (Å²) in [4.78, 5) is 43.2. The molecule has 0 radical (unpaired) electrons. The Bertz CT molecular complexity index is 1290. The molecule has 320 valence electrons. The van der Waals surface area contributed by atoms with Gasteiger partial charge in [0.1, 0.15) is 35.8 Å². The molecule has 0 aromatic heterocycles. The fourth-order valence-electron chi connectivity index (χ4n) is 8.84. The highest BCUT2D eigenvalue weighted by atomic mass is 16.7. The number of hydrogen-bond acceptors (Lipinski definition) is 15. The number of nitrogens with zero attached hydrogens (tertiary/aromatic N) is 1. The Kier molecular flexibility index (Phi) is 16.3. The van der Waals surface area contributed by atoms with E-state index in [0.29, 0.717) is 6.42 Å². The van der Waals surface area contributed by atoms with Crippen LogP contribution in [0.25, 0.3) is 0 Å². The zero-order valence-electron chi connectivity index (χ0n) is 35.5. The summed E-state index contributed by atoms with van der Waals surface area (Å²) in [5.41, 5.74) is -4.90. The summed E-state index contributed by atoms with van der Waals surface area (Å²) in [6.07, 6.45) is -9.82. The molecule has 0 aliphatic carbocycles. The summed E-state index contributed by atoms with van der Waals surface area (Å²) in [5, 5.41) is 47.1. The van der Waals surface area contributed by atoms with E-state index in [4.69, 9.17) is 33.2 Å². The van der Waals surface area contributed by atoms with Crippen molar-refractivity contribution in [2.75, 3.05) is 21.2 Å². The van der Waals surface area contributed by atoms with Crippen molar-refractivity contribution in [1.29, 1.82) is 0 Å². The lowest BCUT2D eigenvalue weighted by atomic mass is 9.74. The summed E-state index contributed by atoms with van der Waals surface area (Å²) < 4.78 is 43.1. The second kappa shape index (κ2) is 18.9. The molecule has 0 saturated carbocycles. The molecule has 3 aliphatic rings. The van der Waals surface area contributed by atoms with Crippen molar-refractivity contribution < 1.29 is 68.0 Å². The fraction of sp³-hybridized carbons (Fsp3) is 0.925. The third-order valence-corrected chi connectivity index (χ3v) is 12.3. The van der Waals surface area contributed by atoms with Crippen molar-refractivity contribution in [2.24, 2.45) is 23.7 Å².